The van der Waals surface area contributed by atoms with Gasteiger partial charge in [0.05, 0.1) is 5.52 Å². The quantitative estimate of drug-likeness (QED) is 0.434. The predicted octanol–water partition coefficient (Wildman–Crippen LogP) is 4.23. The third kappa shape index (κ3) is 4.92. The summed E-state index contributed by atoms with van der Waals surface area (Å²) < 4.78 is 5.96. The molecule has 3 heterocycles. The van der Waals surface area contributed by atoms with E-state index < -0.39 is 0 Å². The zero-order chi connectivity index (χ0) is 22.6. The summed E-state index contributed by atoms with van der Waals surface area (Å²) in [5.74, 6) is 0.183. The van der Waals surface area contributed by atoms with Crippen molar-refractivity contribution in [1.82, 2.24) is 20.1 Å². The highest BCUT2D eigenvalue weighted by Gasteiger charge is 2.18. The Labute approximate surface area is 194 Å². The molecule has 0 unspecified atom stereocenters. The number of carbonyl (C=O) groups is 1. The molecule has 0 radical (unpaired) electrons. The summed E-state index contributed by atoms with van der Waals surface area (Å²) >= 11 is 0. The van der Waals surface area contributed by atoms with E-state index in [1.807, 2.05) is 37.3 Å². The number of nitrogens with one attached hydrogen (secondary N) is 1. The van der Waals surface area contributed by atoms with Gasteiger partial charge in [-0.25, -0.2) is 0 Å². The van der Waals surface area contributed by atoms with Crippen molar-refractivity contribution in [2.24, 2.45) is 0 Å². The van der Waals surface area contributed by atoms with E-state index in [-0.39, 0.29) is 5.91 Å². The second-order valence-corrected chi connectivity index (χ2v) is 8.78. The van der Waals surface area contributed by atoms with Crippen LogP contribution in [0.5, 0.6) is 0 Å². The highest BCUT2D eigenvalue weighted by Crippen LogP contribution is 2.29. The molecule has 6 nitrogen and oxygen atoms in total. The van der Waals surface area contributed by atoms with Gasteiger partial charge in [-0.05, 0) is 43.7 Å². The maximum Gasteiger partial charge on any atom is 0.287 e. The maximum atomic E-state index is 12.7. The second-order valence-electron chi connectivity index (χ2n) is 8.78. The van der Waals surface area contributed by atoms with Crippen LogP contribution in [0.2, 0.25) is 0 Å². The third-order valence-corrected chi connectivity index (χ3v) is 6.43. The van der Waals surface area contributed by atoms with Crippen LogP contribution in [-0.4, -0.2) is 60.0 Å². The van der Waals surface area contributed by atoms with Gasteiger partial charge in [-0.15, -0.1) is 0 Å². The van der Waals surface area contributed by atoms with E-state index in [9.17, 15) is 4.79 Å². The van der Waals surface area contributed by atoms with E-state index in [0.717, 1.165) is 73.3 Å². The number of para-hydroxylation sites is 1. The maximum absolute atomic E-state index is 12.7. The van der Waals surface area contributed by atoms with Gasteiger partial charge in [0, 0.05) is 55.7 Å². The topological polar surface area (TPSA) is 61.6 Å². The van der Waals surface area contributed by atoms with Gasteiger partial charge in [-0.3, -0.25) is 14.7 Å². The predicted molar refractivity (Wildman–Crippen MR) is 131 cm³/mol. The number of nitrogens with zero attached hydrogens (tertiary/aromatic N) is 3. The Balaban J connectivity index is 1.09. The van der Waals surface area contributed by atoms with Crippen LogP contribution in [0.4, 0.5) is 0 Å². The number of furan rings is 1. The van der Waals surface area contributed by atoms with Crippen LogP contribution >= 0.6 is 0 Å². The van der Waals surface area contributed by atoms with Crippen molar-refractivity contribution in [3.05, 3.63) is 77.7 Å². The standard InChI is InChI=1S/C27H30N4O2/c1-20-23-18-25(33-26(23)22-10-5-6-11-24(22)29-20)27(32)28-12-7-13-30-14-16-31(17-15-30)19-21-8-3-2-4-9-21/h2-6,8-11,18H,7,12-17,19H2,1H3,(H,28,32). The Bertz CT molecular complexity index is 1240. The lowest BCUT2D eigenvalue weighted by atomic mass is 10.1. The van der Waals surface area contributed by atoms with E-state index in [1.165, 1.54) is 5.56 Å². The molecular formula is C27H30N4O2. The molecule has 5 rings (SSSR count). The zero-order valence-corrected chi connectivity index (χ0v) is 19.1. The first-order chi connectivity index (χ1) is 16.2. The van der Waals surface area contributed by atoms with E-state index in [4.69, 9.17) is 4.42 Å². The molecule has 6 heteroatoms. The summed E-state index contributed by atoms with van der Waals surface area (Å²) in [6, 6.07) is 20.3. The largest absolute Gasteiger partial charge is 0.450 e. The molecule has 1 fully saturated rings. The van der Waals surface area contributed by atoms with Gasteiger partial charge >= 0.3 is 0 Å². The van der Waals surface area contributed by atoms with E-state index >= 15 is 0 Å². The van der Waals surface area contributed by atoms with Gasteiger partial charge in [0.15, 0.2) is 5.76 Å². The molecule has 33 heavy (non-hydrogen) atoms. The molecule has 0 bridgehead atoms. The van der Waals surface area contributed by atoms with Crippen LogP contribution in [0, 0.1) is 6.92 Å². The number of benzene rings is 2. The van der Waals surface area contributed by atoms with E-state index in [1.54, 1.807) is 0 Å². The Hall–Kier alpha value is -3.22. The fraction of sp³-hybridized carbons (Fsp3) is 0.333. The molecule has 0 spiro atoms. The van der Waals surface area contributed by atoms with Crippen LogP contribution in [0.25, 0.3) is 21.9 Å². The van der Waals surface area contributed by atoms with Crippen molar-refractivity contribution in [2.75, 3.05) is 39.3 Å². The first-order valence-electron chi connectivity index (χ1n) is 11.7. The highest BCUT2D eigenvalue weighted by molar-refractivity contribution is 6.06. The number of fused-ring (bicyclic) bond motifs is 3. The lowest BCUT2D eigenvalue weighted by Crippen LogP contribution is -2.46. The number of carbonyl (C=O) groups excluding carboxylic acids is 1. The number of aryl methyl sites for hydroxylation is 1. The van der Waals surface area contributed by atoms with Crippen LogP contribution in [0.3, 0.4) is 0 Å². The number of amides is 1. The highest BCUT2D eigenvalue weighted by atomic mass is 16.3. The second kappa shape index (κ2) is 9.73. The lowest BCUT2D eigenvalue weighted by Gasteiger charge is -2.34. The van der Waals surface area contributed by atoms with Gasteiger partial charge in [0.1, 0.15) is 5.58 Å². The van der Waals surface area contributed by atoms with Crippen LogP contribution in [-0.2, 0) is 6.54 Å². The van der Waals surface area contributed by atoms with Crippen molar-refractivity contribution in [3.63, 3.8) is 0 Å². The van der Waals surface area contributed by atoms with Crippen molar-refractivity contribution in [1.29, 1.82) is 0 Å². The molecule has 4 aromatic rings. The van der Waals surface area contributed by atoms with Crippen molar-refractivity contribution in [3.8, 4) is 0 Å². The average molecular weight is 443 g/mol. The monoisotopic (exact) mass is 442 g/mol. The summed E-state index contributed by atoms with van der Waals surface area (Å²) in [5.41, 5.74) is 3.86. The molecule has 0 saturated carbocycles. The number of rotatable bonds is 7. The molecule has 2 aromatic carbocycles. The Morgan fingerprint density at radius 1 is 0.970 bits per heavy atom. The van der Waals surface area contributed by atoms with Gasteiger partial charge in [-0.1, -0.05) is 42.5 Å². The van der Waals surface area contributed by atoms with Crippen LogP contribution in [0.1, 0.15) is 28.2 Å². The molecule has 1 N–H and O–H groups in total. The summed E-state index contributed by atoms with van der Waals surface area (Å²) in [7, 11) is 0. The molecule has 1 amide bonds. The van der Waals surface area contributed by atoms with Crippen LogP contribution in [0.15, 0.2) is 65.1 Å². The Morgan fingerprint density at radius 2 is 1.70 bits per heavy atom. The van der Waals surface area contributed by atoms with Crippen LogP contribution < -0.4 is 5.32 Å². The number of piperazine rings is 1. The van der Waals surface area contributed by atoms with Crippen molar-refractivity contribution >= 4 is 27.8 Å². The van der Waals surface area contributed by atoms with Gasteiger partial charge in [0.2, 0.25) is 0 Å². The number of hydrogen-bond donors (Lipinski definition) is 1. The molecule has 1 aliphatic heterocycles. The van der Waals surface area contributed by atoms with E-state index in [0.29, 0.717) is 12.3 Å². The minimum atomic E-state index is -0.164. The fourth-order valence-corrected chi connectivity index (χ4v) is 4.58. The van der Waals surface area contributed by atoms with Gasteiger partial charge < -0.3 is 14.6 Å². The Kier molecular flexibility index (Phi) is 6.37. The molecule has 0 aliphatic carbocycles. The van der Waals surface area contributed by atoms with E-state index in [2.05, 4.69) is 50.4 Å². The minimum absolute atomic E-state index is 0.164. The lowest BCUT2D eigenvalue weighted by molar-refractivity contribution is 0.0922. The summed E-state index contributed by atoms with van der Waals surface area (Å²) in [6.07, 6.45) is 0.925. The van der Waals surface area contributed by atoms with Gasteiger partial charge in [0.25, 0.3) is 5.91 Å². The average Bonchev–Trinajstić information content (AvgIpc) is 3.30. The summed E-state index contributed by atoms with van der Waals surface area (Å²) in [4.78, 5) is 22.3. The first-order valence-corrected chi connectivity index (χ1v) is 11.7. The number of hydrogen-bond acceptors (Lipinski definition) is 5. The Morgan fingerprint density at radius 3 is 2.52 bits per heavy atom. The molecule has 1 aliphatic rings. The number of pyridine rings is 1. The molecule has 0 atom stereocenters. The van der Waals surface area contributed by atoms with Gasteiger partial charge in [-0.2, -0.15) is 0 Å². The molecule has 2 aromatic heterocycles. The zero-order valence-electron chi connectivity index (χ0n) is 19.1. The van der Waals surface area contributed by atoms with Crippen molar-refractivity contribution < 1.29 is 9.21 Å². The number of aromatic nitrogens is 1. The third-order valence-electron chi connectivity index (χ3n) is 6.43. The van der Waals surface area contributed by atoms with Crippen molar-refractivity contribution in [2.45, 2.75) is 19.9 Å². The summed E-state index contributed by atoms with van der Waals surface area (Å²) in [5, 5.41) is 4.85. The molecule has 170 valence electrons. The normalized spacial score (nSPS) is 15.3. The first kappa shape index (κ1) is 21.6. The molecule has 1 saturated heterocycles. The summed E-state index contributed by atoms with van der Waals surface area (Å²) in [6.45, 7) is 8.92. The SMILES string of the molecule is Cc1nc2ccccc2c2oc(C(=O)NCCCN3CCN(Cc4ccccc4)CC3)cc12. The fourth-order valence-electron chi connectivity index (χ4n) is 4.58. The minimum Gasteiger partial charge on any atom is -0.450 e. The molecular weight excluding hydrogens is 412 g/mol. The smallest absolute Gasteiger partial charge is 0.287 e.